The zero-order chi connectivity index (χ0) is 15.7. The third kappa shape index (κ3) is 2.49. The maximum atomic E-state index is 12.7. The highest BCUT2D eigenvalue weighted by Crippen LogP contribution is 2.29. The van der Waals surface area contributed by atoms with Gasteiger partial charge < -0.3 is 9.66 Å². The van der Waals surface area contributed by atoms with Crippen molar-refractivity contribution in [2.45, 2.75) is 11.4 Å². The number of pyridine rings is 1. The van der Waals surface area contributed by atoms with E-state index in [0.717, 1.165) is 5.56 Å². The average molecular weight is 313 g/mol. The summed E-state index contributed by atoms with van der Waals surface area (Å²) in [7, 11) is 0. The molecule has 0 bridgehead atoms. The zero-order valence-electron chi connectivity index (χ0n) is 12.0. The van der Waals surface area contributed by atoms with E-state index >= 15 is 0 Å². The summed E-state index contributed by atoms with van der Waals surface area (Å²) in [5, 5.41) is 10.8. The first kappa shape index (κ1) is 14.7. The van der Waals surface area contributed by atoms with E-state index < -0.39 is 16.7 Å². The molecule has 1 unspecified atom stereocenters. The van der Waals surface area contributed by atoms with Crippen LogP contribution in [0.3, 0.4) is 0 Å². The Kier molecular flexibility index (Phi) is 3.92. The van der Waals surface area contributed by atoms with Crippen LogP contribution in [0.5, 0.6) is 5.75 Å². The fraction of sp³-hybridized carbons (Fsp3) is 0.118. The van der Waals surface area contributed by atoms with Gasteiger partial charge in [0.25, 0.3) is 4.90 Å². The number of aromatic nitrogens is 1. The standard InChI is InChI=1S/C17H15NO3S/c1-22(21)16-15(19)13-9-5-6-10-14(13)18(17(16)20)11-12-7-3-2-4-8-12/h2-10,19H,11H2,1H3. The Morgan fingerprint density at radius 3 is 2.41 bits per heavy atom. The summed E-state index contributed by atoms with van der Waals surface area (Å²) in [5.41, 5.74) is 1.18. The second kappa shape index (κ2) is 5.87. The Labute approximate surface area is 130 Å². The SMILES string of the molecule is C[S+]([O-])c1c(O)c2ccccc2n(Cc2ccccc2)c1=O. The molecule has 0 aliphatic carbocycles. The second-order valence-electron chi connectivity index (χ2n) is 5.03. The minimum Gasteiger partial charge on any atom is -0.611 e. The van der Waals surface area contributed by atoms with Crippen LogP contribution in [0.4, 0.5) is 0 Å². The van der Waals surface area contributed by atoms with Gasteiger partial charge in [-0.15, -0.1) is 0 Å². The lowest BCUT2D eigenvalue weighted by Crippen LogP contribution is -2.26. The van der Waals surface area contributed by atoms with Crippen molar-refractivity contribution in [2.24, 2.45) is 0 Å². The smallest absolute Gasteiger partial charge is 0.310 e. The predicted molar refractivity (Wildman–Crippen MR) is 87.7 cm³/mol. The molecule has 0 saturated carbocycles. The lowest BCUT2D eigenvalue weighted by molar-refractivity contribution is 0.460. The number of para-hydroxylation sites is 1. The summed E-state index contributed by atoms with van der Waals surface area (Å²) in [4.78, 5) is 12.6. The van der Waals surface area contributed by atoms with E-state index in [4.69, 9.17) is 0 Å². The molecular formula is C17H15NO3S. The van der Waals surface area contributed by atoms with Crippen molar-refractivity contribution in [1.29, 1.82) is 0 Å². The van der Waals surface area contributed by atoms with Gasteiger partial charge in [-0.2, -0.15) is 0 Å². The summed E-state index contributed by atoms with van der Waals surface area (Å²) in [6.07, 6.45) is 1.40. The Morgan fingerprint density at radius 2 is 1.73 bits per heavy atom. The van der Waals surface area contributed by atoms with Gasteiger partial charge in [0.05, 0.1) is 12.1 Å². The first-order valence-electron chi connectivity index (χ1n) is 6.81. The second-order valence-corrected chi connectivity index (χ2v) is 6.34. The van der Waals surface area contributed by atoms with Crippen molar-refractivity contribution in [1.82, 2.24) is 4.57 Å². The molecule has 0 spiro atoms. The minimum atomic E-state index is -1.56. The molecule has 22 heavy (non-hydrogen) atoms. The van der Waals surface area contributed by atoms with Crippen LogP contribution >= 0.6 is 0 Å². The summed E-state index contributed by atoms with van der Waals surface area (Å²) in [6, 6.07) is 16.7. The molecule has 5 heteroatoms. The zero-order valence-corrected chi connectivity index (χ0v) is 12.8. The Morgan fingerprint density at radius 1 is 1.09 bits per heavy atom. The van der Waals surface area contributed by atoms with E-state index in [-0.39, 0.29) is 10.6 Å². The summed E-state index contributed by atoms with van der Waals surface area (Å²) in [6.45, 7) is 0.366. The number of benzene rings is 2. The largest absolute Gasteiger partial charge is 0.611 e. The topological polar surface area (TPSA) is 65.3 Å². The highest BCUT2D eigenvalue weighted by molar-refractivity contribution is 7.90. The number of nitrogens with zero attached hydrogens (tertiary/aromatic N) is 1. The van der Waals surface area contributed by atoms with Gasteiger partial charge in [0, 0.05) is 5.39 Å². The van der Waals surface area contributed by atoms with Crippen molar-refractivity contribution >= 4 is 22.1 Å². The van der Waals surface area contributed by atoms with Crippen molar-refractivity contribution in [3.63, 3.8) is 0 Å². The Bertz CT molecular complexity index is 872. The van der Waals surface area contributed by atoms with E-state index in [1.807, 2.05) is 36.4 Å². The molecule has 1 N–H and O–H groups in total. The predicted octanol–water partition coefficient (Wildman–Crippen LogP) is 2.49. The number of hydrogen-bond donors (Lipinski definition) is 1. The molecule has 0 fully saturated rings. The van der Waals surface area contributed by atoms with Gasteiger partial charge in [0.2, 0.25) is 0 Å². The fourth-order valence-corrected chi connectivity index (χ4v) is 3.29. The quantitative estimate of drug-likeness (QED) is 0.756. The molecule has 0 saturated heterocycles. The fourth-order valence-electron chi connectivity index (χ4n) is 2.55. The van der Waals surface area contributed by atoms with Gasteiger partial charge in [-0.1, -0.05) is 42.5 Å². The first-order chi connectivity index (χ1) is 10.6. The van der Waals surface area contributed by atoms with E-state index in [1.165, 1.54) is 6.26 Å². The summed E-state index contributed by atoms with van der Waals surface area (Å²) < 4.78 is 13.4. The first-order valence-corrected chi connectivity index (χ1v) is 8.37. The van der Waals surface area contributed by atoms with E-state index in [0.29, 0.717) is 17.4 Å². The average Bonchev–Trinajstić information content (AvgIpc) is 2.52. The highest BCUT2D eigenvalue weighted by Gasteiger charge is 2.23. The molecule has 4 nitrogen and oxygen atoms in total. The highest BCUT2D eigenvalue weighted by atomic mass is 32.2. The van der Waals surface area contributed by atoms with Gasteiger partial charge in [-0.05, 0) is 28.9 Å². The van der Waals surface area contributed by atoms with Gasteiger partial charge >= 0.3 is 5.56 Å². The van der Waals surface area contributed by atoms with Crippen molar-refractivity contribution in [2.75, 3.05) is 6.26 Å². The van der Waals surface area contributed by atoms with Crippen LogP contribution < -0.4 is 5.56 Å². The summed E-state index contributed by atoms with van der Waals surface area (Å²) >= 11 is -1.56. The minimum absolute atomic E-state index is 0.0466. The Balaban J connectivity index is 2.30. The molecule has 2 aromatic carbocycles. The maximum Gasteiger partial charge on any atom is 0.310 e. The van der Waals surface area contributed by atoms with Crippen LogP contribution in [0.2, 0.25) is 0 Å². The van der Waals surface area contributed by atoms with Crippen LogP contribution in [-0.2, 0) is 17.7 Å². The lowest BCUT2D eigenvalue weighted by atomic mass is 10.1. The maximum absolute atomic E-state index is 12.7. The van der Waals surface area contributed by atoms with Gasteiger partial charge in [-0.3, -0.25) is 9.36 Å². The van der Waals surface area contributed by atoms with Crippen LogP contribution in [0, 0.1) is 0 Å². The third-order valence-electron chi connectivity index (χ3n) is 3.58. The van der Waals surface area contributed by atoms with Crippen LogP contribution in [0.15, 0.2) is 64.3 Å². The molecule has 1 heterocycles. The molecule has 0 radical (unpaired) electrons. The van der Waals surface area contributed by atoms with Gasteiger partial charge in [-0.25, -0.2) is 0 Å². The molecule has 1 aromatic heterocycles. The summed E-state index contributed by atoms with van der Waals surface area (Å²) in [5.74, 6) is -0.189. The molecular weight excluding hydrogens is 298 g/mol. The molecule has 0 amide bonds. The molecule has 0 aliphatic rings. The molecule has 112 valence electrons. The van der Waals surface area contributed by atoms with Crippen LogP contribution in [-0.4, -0.2) is 20.5 Å². The number of hydrogen-bond acceptors (Lipinski definition) is 3. The van der Waals surface area contributed by atoms with E-state index in [9.17, 15) is 14.5 Å². The third-order valence-corrected chi connectivity index (χ3v) is 4.52. The van der Waals surface area contributed by atoms with Crippen molar-refractivity contribution < 1.29 is 9.66 Å². The van der Waals surface area contributed by atoms with Gasteiger partial charge in [0.1, 0.15) is 6.26 Å². The van der Waals surface area contributed by atoms with Gasteiger partial charge in [0.15, 0.2) is 5.75 Å². The van der Waals surface area contributed by atoms with Crippen molar-refractivity contribution in [3.05, 3.63) is 70.5 Å². The number of fused-ring (bicyclic) bond motifs is 1. The molecule has 3 rings (SSSR count). The molecule has 3 aromatic rings. The number of aromatic hydroxyl groups is 1. The van der Waals surface area contributed by atoms with Crippen LogP contribution in [0.25, 0.3) is 10.9 Å². The lowest BCUT2D eigenvalue weighted by Gasteiger charge is -2.15. The van der Waals surface area contributed by atoms with Crippen molar-refractivity contribution in [3.8, 4) is 5.75 Å². The van der Waals surface area contributed by atoms with E-state index in [2.05, 4.69) is 0 Å². The Hall–Kier alpha value is -2.24. The monoisotopic (exact) mass is 313 g/mol. The number of rotatable bonds is 3. The normalized spacial score (nSPS) is 12.5. The van der Waals surface area contributed by atoms with Crippen LogP contribution in [0.1, 0.15) is 5.56 Å². The molecule has 1 atom stereocenters. The molecule has 0 aliphatic heterocycles. The van der Waals surface area contributed by atoms with E-state index in [1.54, 1.807) is 22.8 Å².